The molecule has 10 nitrogen and oxygen atoms in total. The number of fused-ring (bicyclic) bond motifs is 3. The summed E-state index contributed by atoms with van der Waals surface area (Å²) in [5.74, 6) is -0.0786. The molecule has 3 aromatic heterocycles. The van der Waals surface area contributed by atoms with E-state index in [-0.39, 0.29) is 24.0 Å². The number of alkyl halides is 2. The van der Waals surface area contributed by atoms with Gasteiger partial charge in [-0.1, -0.05) is 18.2 Å². The molecule has 0 aliphatic carbocycles. The Balaban J connectivity index is 1.52. The molecule has 0 bridgehead atoms. The van der Waals surface area contributed by atoms with Crippen molar-refractivity contribution in [3.63, 3.8) is 0 Å². The molecule has 13 heteroatoms. The number of aromatic nitrogens is 6. The first-order chi connectivity index (χ1) is 18.3. The van der Waals surface area contributed by atoms with Crippen LogP contribution in [-0.4, -0.2) is 67.6 Å². The highest BCUT2D eigenvalue weighted by molar-refractivity contribution is 5.90. The number of hydrogen-bond acceptors (Lipinski definition) is 8. The van der Waals surface area contributed by atoms with E-state index in [0.29, 0.717) is 54.3 Å². The number of aryl methyl sites for hydroxylation is 1. The zero-order chi connectivity index (χ0) is 27.0. The summed E-state index contributed by atoms with van der Waals surface area (Å²) in [6.45, 7) is 4.59. The van der Waals surface area contributed by atoms with Gasteiger partial charge in [-0.25, -0.2) is 23.1 Å². The first-order valence-corrected chi connectivity index (χ1v) is 12.3. The number of hydrogen-bond donors (Lipinski definition) is 1. The van der Waals surface area contributed by atoms with Crippen molar-refractivity contribution in [2.24, 2.45) is 0 Å². The molecule has 0 spiro atoms. The summed E-state index contributed by atoms with van der Waals surface area (Å²) in [6, 6.07) is 5.22. The van der Waals surface area contributed by atoms with E-state index in [4.69, 9.17) is 4.74 Å². The number of anilines is 1. The summed E-state index contributed by atoms with van der Waals surface area (Å²) >= 11 is 0. The van der Waals surface area contributed by atoms with Gasteiger partial charge in [-0.2, -0.15) is 4.52 Å². The number of ether oxygens (including phenoxy) is 1. The number of carbonyl (C=O) groups excluding carboxylic acids is 1. The fraction of sp³-hybridized carbons (Fsp3) is 0.440. The summed E-state index contributed by atoms with van der Waals surface area (Å²) in [4.78, 5) is 23.1. The molecular weight excluding hydrogens is 501 g/mol. The Morgan fingerprint density at radius 2 is 1.92 bits per heavy atom. The molecule has 1 aromatic carbocycles. The van der Waals surface area contributed by atoms with Gasteiger partial charge in [0, 0.05) is 31.3 Å². The van der Waals surface area contributed by atoms with Crippen LogP contribution in [0, 0.1) is 12.7 Å². The lowest BCUT2D eigenvalue weighted by Crippen LogP contribution is -2.39. The second kappa shape index (κ2) is 10.5. The number of halogens is 3. The number of pyridine rings is 1. The molecule has 1 amide bonds. The molecule has 1 fully saturated rings. The number of tetrazole rings is 1. The largest absolute Gasteiger partial charge is 0.375 e. The zero-order valence-electron chi connectivity index (χ0n) is 21.2. The van der Waals surface area contributed by atoms with Crippen molar-refractivity contribution in [2.45, 2.75) is 45.1 Å². The molecule has 38 heavy (non-hydrogen) atoms. The summed E-state index contributed by atoms with van der Waals surface area (Å²) in [7, 11) is 1.49. The van der Waals surface area contributed by atoms with Gasteiger partial charge in [-0.15, -0.1) is 5.10 Å². The monoisotopic (exact) mass is 528 g/mol. The van der Waals surface area contributed by atoms with Crippen molar-refractivity contribution in [1.82, 2.24) is 34.9 Å². The van der Waals surface area contributed by atoms with Crippen molar-refractivity contribution < 1.29 is 22.7 Å². The van der Waals surface area contributed by atoms with E-state index < -0.39 is 23.8 Å². The van der Waals surface area contributed by atoms with Crippen molar-refractivity contribution in [2.75, 3.05) is 32.1 Å². The van der Waals surface area contributed by atoms with Crippen LogP contribution in [0.2, 0.25) is 0 Å². The number of piperidine rings is 1. The van der Waals surface area contributed by atoms with Gasteiger partial charge in [0.25, 0.3) is 6.43 Å². The van der Waals surface area contributed by atoms with Crippen LogP contribution >= 0.6 is 0 Å². The number of benzene rings is 1. The molecule has 5 rings (SSSR count). The minimum absolute atomic E-state index is 0.0453. The molecule has 4 heterocycles. The van der Waals surface area contributed by atoms with E-state index in [1.807, 2.05) is 6.07 Å². The van der Waals surface area contributed by atoms with Gasteiger partial charge >= 0.3 is 0 Å². The number of amides is 1. The highest BCUT2D eigenvalue weighted by Gasteiger charge is 2.28. The third-order valence-corrected chi connectivity index (χ3v) is 6.93. The van der Waals surface area contributed by atoms with Crippen LogP contribution < -0.4 is 5.32 Å². The third kappa shape index (κ3) is 4.73. The van der Waals surface area contributed by atoms with Crippen molar-refractivity contribution in [3.8, 4) is 0 Å². The maximum Gasteiger partial charge on any atom is 0.266 e. The Labute approximate surface area is 216 Å². The third-order valence-electron chi connectivity index (χ3n) is 6.93. The molecule has 0 unspecified atom stereocenters. The van der Waals surface area contributed by atoms with Crippen LogP contribution in [0.4, 0.5) is 19.0 Å². The Morgan fingerprint density at radius 1 is 1.18 bits per heavy atom. The van der Waals surface area contributed by atoms with E-state index in [2.05, 4.69) is 30.8 Å². The van der Waals surface area contributed by atoms with Crippen LogP contribution in [-0.2, 0) is 9.53 Å². The molecule has 0 saturated carbocycles. The first-order valence-electron chi connectivity index (χ1n) is 12.3. The lowest BCUT2D eigenvalue weighted by Gasteiger charge is -2.32. The van der Waals surface area contributed by atoms with Crippen LogP contribution in [0.15, 0.2) is 24.3 Å². The smallest absolute Gasteiger partial charge is 0.266 e. The van der Waals surface area contributed by atoms with E-state index in [1.165, 1.54) is 19.2 Å². The minimum atomic E-state index is -2.92. The molecule has 1 atom stereocenters. The van der Waals surface area contributed by atoms with Gasteiger partial charge in [-0.3, -0.25) is 4.79 Å². The summed E-state index contributed by atoms with van der Waals surface area (Å²) in [5.41, 5.74) is 1.37. The number of nitrogens with one attached hydrogen (secondary N) is 1. The number of likely N-dealkylation sites (tertiary alicyclic amines) is 1. The second-order valence-electron chi connectivity index (χ2n) is 9.38. The van der Waals surface area contributed by atoms with E-state index in [9.17, 15) is 18.0 Å². The molecule has 200 valence electrons. The topological polar surface area (TPSA) is 110 Å². The van der Waals surface area contributed by atoms with E-state index in [0.717, 1.165) is 11.6 Å². The maximum absolute atomic E-state index is 14.9. The zero-order valence-corrected chi connectivity index (χ0v) is 21.2. The predicted molar refractivity (Wildman–Crippen MR) is 132 cm³/mol. The van der Waals surface area contributed by atoms with Crippen molar-refractivity contribution in [1.29, 1.82) is 0 Å². The molecular formula is C25H27F3N8O2. The lowest BCUT2D eigenvalue weighted by molar-refractivity contribution is -0.136. The average Bonchev–Trinajstić information content (AvgIpc) is 3.39. The van der Waals surface area contributed by atoms with Gasteiger partial charge in [0.2, 0.25) is 5.91 Å². The molecule has 4 aromatic rings. The summed E-state index contributed by atoms with van der Waals surface area (Å²) in [5, 5.41) is 16.0. The lowest BCUT2D eigenvalue weighted by atomic mass is 9.89. The van der Waals surface area contributed by atoms with Crippen LogP contribution in [0.5, 0.6) is 0 Å². The molecule has 1 aliphatic rings. The highest BCUT2D eigenvalue weighted by atomic mass is 19.3. The number of methoxy groups -OCH3 is 1. The molecule has 1 saturated heterocycles. The van der Waals surface area contributed by atoms with Crippen molar-refractivity contribution in [3.05, 3.63) is 52.6 Å². The second-order valence-corrected chi connectivity index (χ2v) is 9.38. The normalized spacial score (nSPS) is 15.5. The minimum Gasteiger partial charge on any atom is -0.375 e. The standard InChI is InChI=1S/C25H27F3N8O2/c1-13(16-5-4-6-17(21(16)26)22(27)28)29-23-19-11-18(15-7-9-35(10-8-15)20(37)12-38-3)25-32-33-34-36(25)24(19)31-14(2)30-23/h4-6,11,13,15,22H,7-10,12H2,1-3H3,(H,29,30,31)/t13-/m1/s1. The van der Waals surface area contributed by atoms with Crippen LogP contribution in [0.3, 0.4) is 0 Å². The Kier molecular flexibility index (Phi) is 7.11. The first kappa shape index (κ1) is 25.8. The SMILES string of the molecule is COCC(=O)N1CCC(c2cc3c(N[C@H](C)c4cccc(C(F)F)c4F)nc(C)nc3n3nnnc23)CC1. The predicted octanol–water partition coefficient (Wildman–Crippen LogP) is 3.98. The maximum atomic E-state index is 14.9. The fourth-order valence-electron chi connectivity index (χ4n) is 5.01. The summed E-state index contributed by atoms with van der Waals surface area (Å²) < 4.78 is 47.9. The van der Waals surface area contributed by atoms with Crippen molar-refractivity contribution >= 4 is 28.4 Å². The highest BCUT2D eigenvalue weighted by Crippen LogP contribution is 2.35. The number of rotatable bonds is 7. The van der Waals surface area contributed by atoms with Gasteiger partial charge in [0.1, 0.15) is 24.1 Å². The van der Waals surface area contributed by atoms with Gasteiger partial charge < -0.3 is 15.0 Å². The van der Waals surface area contributed by atoms with Gasteiger partial charge in [0.05, 0.1) is 17.0 Å². The Morgan fingerprint density at radius 3 is 2.63 bits per heavy atom. The average molecular weight is 529 g/mol. The van der Waals surface area contributed by atoms with Gasteiger partial charge in [0.15, 0.2) is 11.3 Å². The fourth-order valence-corrected chi connectivity index (χ4v) is 5.01. The molecule has 1 aliphatic heterocycles. The van der Waals surface area contributed by atoms with Crippen LogP contribution in [0.1, 0.15) is 60.7 Å². The number of nitrogens with zero attached hydrogens (tertiary/aromatic N) is 7. The Hall–Kier alpha value is -3.87. The summed E-state index contributed by atoms with van der Waals surface area (Å²) in [6.07, 6.45) is -1.50. The molecule has 0 radical (unpaired) electrons. The van der Waals surface area contributed by atoms with E-state index >= 15 is 0 Å². The van der Waals surface area contributed by atoms with E-state index in [1.54, 1.807) is 23.3 Å². The molecule has 1 N–H and O–H groups in total. The quantitative estimate of drug-likeness (QED) is 0.384. The van der Waals surface area contributed by atoms with Crippen LogP contribution in [0.25, 0.3) is 16.7 Å². The van der Waals surface area contributed by atoms with Gasteiger partial charge in [-0.05, 0) is 49.1 Å². The Bertz CT molecular complexity index is 1490. The number of carbonyl (C=O) groups is 1.